The highest BCUT2D eigenvalue weighted by Crippen LogP contribution is 2.23. The van der Waals surface area contributed by atoms with Crippen molar-refractivity contribution in [2.75, 3.05) is 12.3 Å². The fourth-order valence-electron chi connectivity index (χ4n) is 1.68. The van der Waals surface area contributed by atoms with Gasteiger partial charge in [0.05, 0.1) is 5.69 Å². The number of nitrogens with two attached hydrogens (primary N) is 1. The van der Waals surface area contributed by atoms with Gasteiger partial charge in [-0.05, 0) is 30.7 Å². The molecule has 3 N–H and O–H groups in total. The van der Waals surface area contributed by atoms with Gasteiger partial charge in [0.1, 0.15) is 12.4 Å². The molecule has 0 saturated carbocycles. The molecule has 1 aromatic heterocycles. The van der Waals surface area contributed by atoms with Crippen LogP contribution >= 0.6 is 0 Å². The molecule has 0 saturated heterocycles. The molecule has 0 unspecified atom stereocenters. The van der Waals surface area contributed by atoms with Crippen molar-refractivity contribution in [1.82, 2.24) is 9.97 Å². The minimum absolute atomic E-state index is 0.0850. The van der Waals surface area contributed by atoms with Gasteiger partial charge < -0.3 is 15.6 Å². The molecule has 6 heteroatoms. The number of carbonyl (C=O) groups is 1. The second kappa shape index (κ2) is 6.04. The second-order valence-corrected chi connectivity index (χ2v) is 4.58. The Hall–Kier alpha value is -2.89. The van der Waals surface area contributed by atoms with Crippen molar-refractivity contribution < 1.29 is 14.6 Å². The molecule has 2 aromatic rings. The maximum Gasteiger partial charge on any atom is 0.354 e. The topological polar surface area (TPSA) is 98.3 Å². The van der Waals surface area contributed by atoms with Gasteiger partial charge in [0, 0.05) is 5.56 Å². The summed E-state index contributed by atoms with van der Waals surface area (Å²) in [7, 11) is 0. The van der Waals surface area contributed by atoms with Crippen LogP contribution in [-0.2, 0) is 0 Å². The van der Waals surface area contributed by atoms with E-state index in [4.69, 9.17) is 15.6 Å². The molecule has 0 fully saturated rings. The molecule has 21 heavy (non-hydrogen) atoms. The van der Waals surface area contributed by atoms with Crippen molar-refractivity contribution in [2.24, 2.45) is 0 Å². The number of aromatic carboxylic acids is 1. The Morgan fingerprint density at radius 1 is 1.38 bits per heavy atom. The van der Waals surface area contributed by atoms with Crippen LogP contribution < -0.4 is 10.5 Å². The van der Waals surface area contributed by atoms with Gasteiger partial charge in [0.15, 0.2) is 5.69 Å². The van der Waals surface area contributed by atoms with Crippen LogP contribution in [0.15, 0.2) is 42.5 Å². The minimum atomic E-state index is -1.15. The summed E-state index contributed by atoms with van der Waals surface area (Å²) < 4.78 is 5.55. The smallest absolute Gasteiger partial charge is 0.354 e. The fraction of sp³-hybridized carbons (Fsp3) is 0.133. The number of aromatic nitrogens is 2. The summed E-state index contributed by atoms with van der Waals surface area (Å²) in [4.78, 5) is 18.7. The number of rotatable bonds is 5. The summed E-state index contributed by atoms with van der Waals surface area (Å²) in [6, 6.07) is 8.52. The van der Waals surface area contributed by atoms with Crippen molar-refractivity contribution in [3.8, 4) is 17.0 Å². The Bertz CT molecular complexity index is 698. The molecule has 108 valence electrons. The van der Waals surface area contributed by atoms with Crippen LogP contribution in [-0.4, -0.2) is 27.7 Å². The van der Waals surface area contributed by atoms with E-state index in [9.17, 15) is 4.79 Å². The van der Waals surface area contributed by atoms with Crippen LogP contribution in [0, 0.1) is 0 Å². The zero-order chi connectivity index (χ0) is 15.4. The molecule has 0 aliphatic carbocycles. The molecule has 0 atom stereocenters. The number of carboxylic acid groups (broad SMARTS) is 1. The maximum absolute atomic E-state index is 11.0. The molecular formula is C15H15N3O3. The zero-order valence-corrected chi connectivity index (χ0v) is 11.5. The Balaban J connectivity index is 2.35. The number of anilines is 1. The van der Waals surface area contributed by atoms with Crippen LogP contribution in [0.2, 0.25) is 0 Å². The lowest BCUT2D eigenvalue weighted by atomic mass is 10.1. The van der Waals surface area contributed by atoms with Gasteiger partial charge in [-0.1, -0.05) is 18.7 Å². The molecule has 1 heterocycles. The molecule has 0 aliphatic heterocycles. The van der Waals surface area contributed by atoms with E-state index >= 15 is 0 Å². The summed E-state index contributed by atoms with van der Waals surface area (Å²) >= 11 is 0. The van der Waals surface area contributed by atoms with Crippen molar-refractivity contribution in [1.29, 1.82) is 0 Å². The average molecular weight is 285 g/mol. The van der Waals surface area contributed by atoms with Crippen molar-refractivity contribution in [3.63, 3.8) is 0 Å². The lowest BCUT2D eigenvalue weighted by molar-refractivity contribution is 0.0690. The molecule has 0 bridgehead atoms. The third-order valence-electron chi connectivity index (χ3n) is 2.58. The third-order valence-corrected chi connectivity index (χ3v) is 2.58. The summed E-state index contributed by atoms with van der Waals surface area (Å²) in [5.41, 5.74) is 7.43. The van der Waals surface area contributed by atoms with Crippen molar-refractivity contribution in [3.05, 3.63) is 48.2 Å². The largest absolute Gasteiger partial charge is 0.489 e. The van der Waals surface area contributed by atoms with E-state index in [-0.39, 0.29) is 11.6 Å². The first-order valence-electron chi connectivity index (χ1n) is 6.21. The van der Waals surface area contributed by atoms with Crippen LogP contribution in [0.4, 0.5) is 5.95 Å². The molecule has 2 rings (SSSR count). The predicted molar refractivity (Wildman–Crippen MR) is 79.1 cm³/mol. The molecule has 0 amide bonds. The lowest BCUT2D eigenvalue weighted by Gasteiger charge is -2.08. The SMILES string of the molecule is C=C(C)COc1cccc(-c2cc(C(=O)O)nc(N)n2)c1. The Labute approximate surface area is 121 Å². The van der Waals surface area contributed by atoms with Crippen LogP contribution in [0.5, 0.6) is 5.75 Å². The Kier molecular flexibility index (Phi) is 4.18. The normalized spacial score (nSPS) is 10.1. The highest BCUT2D eigenvalue weighted by Gasteiger charge is 2.10. The number of carboxylic acids is 1. The molecule has 0 radical (unpaired) electrons. The second-order valence-electron chi connectivity index (χ2n) is 4.58. The number of ether oxygens (including phenoxy) is 1. The van der Waals surface area contributed by atoms with E-state index in [0.29, 0.717) is 23.6 Å². The van der Waals surface area contributed by atoms with E-state index in [1.54, 1.807) is 24.3 Å². The first-order chi connectivity index (χ1) is 9.95. The van der Waals surface area contributed by atoms with Crippen molar-refractivity contribution in [2.45, 2.75) is 6.92 Å². The van der Waals surface area contributed by atoms with E-state index in [1.165, 1.54) is 6.07 Å². The summed E-state index contributed by atoms with van der Waals surface area (Å²) in [5, 5.41) is 9.00. The third kappa shape index (κ3) is 3.79. The first-order valence-corrected chi connectivity index (χ1v) is 6.21. The van der Waals surface area contributed by atoms with E-state index in [2.05, 4.69) is 16.5 Å². The van der Waals surface area contributed by atoms with Gasteiger partial charge in [-0.2, -0.15) is 0 Å². The molecule has 1 aromatic carbocycles. The standard InChI is InChI=1S/C15H15N3O3/c1-9(2)8-21-11-5-3-4-10(6-11)12-7-13(14(19)20)18-15(16)17-12/h3-7H,1,8H2,2H3,(H,19,20)(H2,16,17,18). The van der Waals surface area contributed by atoms with Gasteiger partial charge in [0.2, 0.25) is 5.95 Å². The molecule has 6 nitrogen and oxygen atoms in total. The average Bonchev–Trinajstić information content (AvgIpc) is 2.44. The monoisotopic (exact) mass is 285 g/mol. The number of hydrogen-bond acceptors (Lipinski definition) is 5. The zero-order valence-electron chi connectivity index (χ0n) is 11.5. The Morgan fingerprint density at radius 2 is 2.14 bits per heavy atom. The van der Waals surface area contributed by atoms with Crippen LogP contribution in [0.1, 0.15) is 17.4 Å². The van der Waals surface area contributed by atoms with Gasteiger partial charge in [-0.25, -0.2) is 14.8 Å². The number of nitrogens with zero attached hydrogens (tertiary/aromatic N) is 2. The van der Waals surface area contributed by atoms with Gasteiger partial charge in [-0.15, -0.1) is 0 Å². The van der Waals surface area contributed by atoms with E-state index in [0.717, 1.165) is 5.57 Å². The first kappa shape index (κ1) is 14.5. The van der Waals surface area contributed by atoms with Crippen molar-refractivity contribution >= 4 is 11.9 Å². The number of nitrogen functional groups attached to an aromatic ring is 1. The predicted octanol–water partition coefficient (Wildman–Crippen LogP) is 2.38. The summed E-state index contributed by atoms with van der Waals surface area (Å²) in [6.07, 6.45) is 0. The highest BCUT2D eigenvalue weighted by atomic mass is 16.5. The van der Waals surface area contributed by atoms with E-state index < -0.39 is 5.97 Å². The van der Waals surface area contributed by atoms with Crippen LogP contribution in [0.25, 0.3) is 11.3 Å². The number of benzene rings is 1. The number of hydrogen-bond donors (Lipinski definition) is 2. The van der Waals surface area contributed by atoms with E-state index in [1.807, 2.05) is 6.92 Å². The minimum Gasteiger partial charge on any atom is -0.489 e. The highest BCUT2D eigenvalue weighted by molar-refractivity contribution is 5.87. The summed E-state index contributed by atoms with van der Waals surface area (Å²) in [5.74, 6) is -0.595. The summed E-state index contributed by atoms with van der Waals surface area (Å²) in [6.45, 7) is 6.05. The maximum atomic E-state index is 11.0. The molecule has 0 spiro atoms. The van der Waals surface area contributed by atoms with Crippen LogP contribution in [0.3, 0.4) is 0 Å². The quantitative estimate of drug-likeness (QED) is 0.818. The van der Waals surface area contributed by atoms with Gasteiger partial charge in [0.25, 0.3) is 0 Å². The lowest BCUT2D eigenvalue weighted by Crippen LogP contribution is -2.06. The van der Waals surface area contributed by atoms with Gasteiger partial charge in [-0.3, -0.25) is 0 Å². The molecular weight excluding hydrogens is 270 g/mol. The molecule has 0 aliphatic rings. The fourth-order valence-corrected chi connectivity index (χ4v) is 1.68. The Morgan fingerprint density at radius 3 is 2.81 bits per heavy atom. The van der Waals surface area contributed by atoms with Gasteiger partial charge >= 0.3 is 5.97 Å².